The van der Waals surface area contributed by atoms with Crippen molar-refractivity contribution in [2.45, 2.75) is 32.4 Å². The number of carbonyl (C=O) groups excluding carboxylic acids is 2. The third-order valence-electron chi connectivity index (χ3n) is 7.05. The van der Waals surface area contributed by atoms with E-state index in [0.29, 0.717) is 27.4 Å². The Morgan fingerprint density at radius 3 is 2.51 bits per heavy atom. The van der Waals surface area contributed by atoms with Crippen LogP contribution in [0.1, 0.15) is 35.9 Å². The van der Waals surface area contributed by atoms with Crippen LogP contribution in [0.15, 0.2) is 84.2 Å². The molecule has 0 bridgehead atoms. The molecule has 3 heterocycles. The molecule has 220 valence electrons. The molecule has 11 nitrogen and oxygen atoms in total. The summed E-state index contributed by atoms with van der Waals surface area (Å²) in [6.07, 6.45) is 6.56. The molecule has 43 heavy (non-hydrogen) atoms. The van der Waals surface area contributed by atoms with Gasteiger partial charge in [0.1, 0.15) is 17.5 Å². The molecule has 1 unspecified atom stereocenters. The first-order chi connectivity index (χ1) is 20.6. The molecule has 1 atom stereocenters. The van der Waals surface area contributed by atoms with E-state index < -0.39 is 17.9 Å². The Hall–Kier alpha value is -5.16. The van der Waals surface area contributed by atoms with E-state index in [1.807, 2.05) is 26.0 Å². The van der Waals surface area contributed by atoms with Crippen LogP contribution in [0.5, 0.6) is 5.75 Å². The Kier molecular flexibility index (Phi) is 8.44. The van der Waals surface area contributed by atoms with Crippen LogP contribution in [0.4, 0.5) is 5.69 Å². The highest BCUT2D eigenvalue weighted by molar-refractivity contribution is 6.31. The molecule has 0 saturated heterocycles. The SMILES string of the molecule is CC(C)n1cc(-c2ccc(Cl)c(CC(NC(=O)c3ccnn3C)C(=O)Nc3ccc(-c4cn[nH]c4)c(O)c3)c2)ccc1=O. The highest BCUT2D eigenvalue weighted by Crippen LogP contribution is 2.31. The molecule has 4 N–H and O–H groups in total. The van der Waals surface area contributed by atoms with Crippen molar-refractivity contribution < 1.29 is 14.7 Å². The van der Waals surface area contributed by atoms with E-state index in [2.05, 4.69) is 25.9 Å². The molecule has 0 aliphatic carbocycles. The highest BCUT2D eigenvalue weighted by atomic mass is 35.5. The third-order valence-corrected chi connectivity index (χ3v) is 7.42. The summed E-state index contributed by atoms with van der Waals surface area (Å²) in [6, 6.07) is 13.9. The van der Waals surface area contributed by atoms with Crippen LogP contribution in [0.2, 0.25) is 5.02 Å². The molecule has 0 aliphatic rings. The molecule has 0 radical (unpaired) electrons. The molecule has 3 aromatic heterocycles. The number of phenols is 1. The number of phenolic OH excluding ortho intramolecular Hbond substituents is 1. The number of benzene rings is 2. The lowest BCUT2D eigenvalue weighted by Crippen LogP contribution is -2.45. The van der Waals surface area contributed by atoms with Gasteiger partial charge in [0.2, 0.25) is 5.91 Å². The maximum absolute atomic E-state index is 13.6. The van der Waals surface area contributed by atoms with Gasteiger partial charge in [0.15, 0.2) is 0 Å². The van der Waals surface area contributed by atoms with E-state index in [1.165, 1.54) is 23.0 Å². The molecule has 5 rings (SSSR count). The summed E-state index contributed by atoms with van der Waals surface area (Å²) in [5.74, 6) is -1.05. The van der Waals surface area contributed by atoms with Crippen LogP contribution in [0, 0.1) is 0 Å². The van der Waals surface area contributed by atoms with Crippen molar-refractivity contribution in [1.29, 1.82) is 0 Å². The molecule has 0 aliphatic heterocycles. The van der Waals surface area contributed by atoms with E-state index >= 15 is 0 Å². The fraction of sp³-hybridized carbons (Fsp3) is 0.194. The molecule has 0 fully saturated rings. The van der Waals surface area contributed by atoms with Crippen molar-refractivity contribution >= 4 is 29.1 Å². The van der Waals surface area contributed by atoms with Crippen LogP contribution >= 0.6 is 11.6 Å². The molecule has 12 heteroatoms. The van der Waals surface area contributed by atoms with Crippen molar-refractivity contribution in [3.8, 4) is 28.0 Å². The van der Waals surface area contributed by atoms with Gasteiger partial charge in [-0.05, 0) is 66.9 Å². The predicted octanol–water partition coefficient (Wildman–Crippen LogP) is 4.56. The zero-order valence-corrected chi connectivity index (χ0v) is 24.5. The molecule has 0 spiro atoms. The number of aromatic amines is 1. The Bertz CT molecular complexity index is 1840. The maximum atomic E-state index is 13.6. The van der Waals surface area contributed by atoms with Gasteiger partial charge in [-0.1, -0.05) is 17.7 Å². The lowest BCUT2D eigenvalue weighted by molar-refractivity contribution is -0.118. The van der Waals surface area contributed by atoms with Gasteiger partial charge in [0.05, 0.1) is 6.20 Å². The second-order valence-corrected chi connectivity index (χ2v) is 10.7. The highest BCUT2D eigenvalue weighted by Gasteiger charge is 2.25. The van der Waals surface area contributed by atoms with Gasteiger partial charge in [0, 0.05) is 72.1 Å². The summed E-state index contributed by atoms with van der Waals surface area (Å²) in [4.78, 5) is 39.1. The van der Waals surface area contributed by atoms with Gasteiger partial charge in [-0.2, -0.15) is 10.2 Å². The van der Waals surface area contributed by atoms with Crippen molar-refractivity contribution in [2.24, 2.45) is 7.05 Å². The number of anilines is 1. The number of hydrogen-bond donors (Lipinski definition) is 4. The minimum atomic E-state index is -1.05. The number of amides is 2. The number of pyridine rings is 1. The molecular formula is C31H30ClN7O4. The van der Waals surface area contributed by atoms with E-state index in [9.17, 15) is 19.5 Å². The normalized spacial score (nSPS) is 11.8. The monoisotopic (exact) mass is 599 g/mol. The number of aryl methyl sites for hydroxylation is 1. The summed E-state index contributed by atoms with van der Waals surface area (Å²) in [5, 5.41) is 27.2. The van der Waals surface area contributed by atoms with Gasteiger partial charge >= 0.3 is 0 Å². The number of hydrogen-bond acceptors (Lipinski definition) is 6. The van der Waals surface area contributed by atoms with Gasteiger partial charge < -0.3 is 20.3 Å². The minimum Gasteiger partial charge on any atom is -0.507 e. The number of carbonyl (C=O) groups is 2. The average Bonchev–Trinajstić information content (AvgIpc) is 3.66. The molecular weight excluding hydrogens is 570 g/mol. The second-order valence-electron chi connectivity index (χ2n) is 10.3. The number of halogens is 1. The summed E-state index contributed by atoms with van der Waals surface area (Å²) in [6.45, 7) is 3.86. The van der Waals surface area contributed by atoms with Crippen molar-refractivity contribution in [3.05, 3.63) is 106 Å². The Morgan fingerprint density at radius 1 is 1.05 bits per heavy atom. The quantitative estimate of drug-likeness (QED) is 0.195. The zero-order chi connectivity index (χ0) is 30.7. The van der Waals surface area contributed by atoms with Gasteiger partial charge in [-0.25, -0.2) is 0 Å². The number of aromatic nitrogens is 5. The summed E-state index contributed by atoms with van der Waals surface area (Å²) in [7, 11) is 1.63. The van der Waals surface area contributed by atoms with Crippen LogP contribution in [0.25, 0.3) is 22.3 Å². The first-order valence-corrected chi connectivity index (χ1v) is 13.9. The zero-order valence-electron chi connectivity index (χ0n) is 23.7. The largest absolute Gasteiger partial charge is 0.507 e. The number of nitrogens with zero attached hydrogens (tertiary/aromatic N) is 4. The van der Waals surface area contributed by atoms with Crippen LogP contribution in [-0.4, -0.2) is 47.5 Å². The minimum absolute atomic E-state index is 0.0253. The van der Waals surface area contributed by atoms with Gasteiger partial charge in [-0.3, -0.25) is 24.2 Å². The first-order valence-electron chi connectivity index (χ1n) is 13.5. The topological polar surface area (TPSA) is 147 Å². The van der Waals surface area contributed by atoms with Crippen molar-refractivity contribution in [3.63, 3.8) is 0 Å². The maximum Gasteiger partial charge on any atom is 0.270 e. The van der Waals surface area contributed by atoms with Crippen LogP contribution in [0.3, 0.4) is 0 Å². The van der Waals surface area contributed by atoms with E-state index in [0.717, 1.165) is 11.1 Å². The summed E-state index contributed by atoms with van der Waals surface area (Å²) >= 11 is 6.59. The summed E-state index contributed by atoms with van der Waals surface area (Å²) in [5.41, 5.74) is 3.96. The Labute approximate surface area is 252 Å². The van der Waals surface area contributed by atoms with Crippen LogP contribution < -0.4 is 16.2 Å². The standard InChI is InChI=1S/C31H30ClN7O4/c1-18(2)39-17-20(5-9-29(39)41)19-4-8-25(32)21(12-19)13-26(37-31(43)27-10-11-35-38(27)3)30(42)36-23-6-7-24(28(40)14-23)22-15-33-34-16-22/h4-12,14-18,26,40H,13H2,1-3H3,(H,33,34)(H,36,42)(H,37,43). The van der Waals surface area contributed by atoms with Gasteiger partial charge in [0.25, 0.3) is 11.5 Å². The Morgan fingerprint density at radius 2 is 1.84 bits per heavy atom. The number of nitrogens with one attached hydrogen (secondary N) is 3. The van der Waals surface area contributed by atoms with Crippen molar-refractivity contribution in [2.75, 3.05) is 5.32 Å². The summed E-state index contributed by atoms with van der Waals surface area (Å²) < 4.78 is 3.05. The van der Waals surface area contributed by atoms with Crippen LogP contribution in [-0.2, 0) is 18.3 Å². The molecule has 2 aromatic carbocycles. The fourth-order valence-electron chi connectivity index (χ4n) is 4.73. The molecule has 2 amide bonds. The predicted molar refractivity (Wildman–Crippen MR) is 164 cm³/mol. The first kappa shape index (κ1) is 29.3. The average molecular weight is 600 g/mol. The van der Waals surface area contributed by atoms with Gasteiger partial charge in [-0.15, -0.1) is 0 Å². The lowest BCUT2D eigenvalue weighted by atomic mass is 9.99. The number of H-pyrrole nitrogens is 1. The smallest absolute Gasteiger partial charge is 0.270 e. The van der Waals surface area contributed by atoms with E-state index in [4.69, 9.17) is 11.6 Å². The lowest BCUT2D eigenvalue weighted by Gasteiger charge is -2.20. The Balaban J connectivity index is 1.44. The molecule has 0 saturated carbocycles. The third kappa shape index (κ3) is 6.52. The number of aromatic hydroxyl groups is 1. The fourth-order valence-corrected chi connectivity index (χ4v) is 4.92. The van der Waals surface area contributed by atoms with Crippen molar-refractivity contribution in [1.82, 2.24) is 29.9 Å². The van der Waals surface area contributed by atoms with E-state index in [-0.39, 0.29) is 29.5 Å². The molecule has 5 aromatic rings. The number of rotatable bonds is 9. The second kappa shape index (κ2) is 12.4. The van der Waals surface area contributed by atoms with E-state index in [1.54, 1.807) is 60.5 Å².